The van der Waals surface area contributed by atoms with Gasteiger partial charge in [-0.3, -0.25) is 0 Å². The van der Waals surface area contributed by atoms with E-state index in [9.17, 15) is 39.6 Å². The van der Waals surface area contributed by atoms with Crippen molar-refractivity contribution in [1.29, 1.82) is 0 Å². The van der Waals surface area contributed by atoms with Crippen molar-refractivity contribution in [2.45, 2.75) is 12.3 Å². The largest absolute Gasteiger partial charge is 0.478 e. The van der Waals surface area contributed by atoms with Crippen LogP contribution in [0.5, 0.6) is 0 Å². The van der Waals surface area contributed by atoms with Crippen molar-refractivity contribution in [2.75, 3.05) is 0 Å². The van der Waals surface area contributed by atoms with E-state index < -0.39 is 39.7 Å². The van der Waals surface area contributed by atoms with Gasteiger partial charge in [0.2, 0.25) is 0 Å². The number of benzene rings is 5. The van der Waals surface area contributed by atoms with Gasteiger partial charge < -0.3 is 20.4 Å². The Morgan fingerprint density at radius 2 is 0.630 bits per heavy atom. The number of hydrogen-bond donors (Lipinski definition) is 4. The molecule has 0 amide bonds. The van der Waals surface area contributed by atoms with Gasteiger partial charge in [-0.1, -0.05) is 72.8 Å². The summed E-state index contributed by atoms with van der Waals surface area (Å²) >= 11 is 0. The number of hydrogen-bond acceptors (Lipinski definition) is 4. The van der Waals surface area contributed by atoms with Gasteiger partial charge in [-0.25, -0.2) is 19.2 Å². The summed E-state index contributed by atoms with van der Waals surface area (Å²) in [5, 5.41) is 41.4. The van der Waals surface area contributed by atoms with Crippen LogP contribution in [0.4, 0.5) is 0 Å². The summed E-state index contributed by atoms with van der Waals surface area (Å²) in [6, 6.07) is 35.3. The standard InChI is InChI=1S/C36H28O8P2/c37-33(38)25-4-12-29(13-5-25)45(30-14-6-26(7-15-30)34(39)40)21-23-2-1-3-24(20-23)22-46(31-16-8-27(9-17-31)35(41)42)32-18-10-28(11-19-32)36(43)44/h1-20H,21-22H2,(H,37,38)(H,39,40)(H,41,42)(H,43,44). The molecular formula is C36H28O8P2. The fourth-order valence-corrected chi connectivity index (χ4v) is 9.48. The number of carbonyl (C=O) groups is 4. The molecule has 0 fully saturated rings. The molecule has 0 aliphatic rings. The third-order valence-electron chi connectivity index (χ3n) is 7.38. The Bertz CT molecular complexity index is 1630. The van der Waals surface area contributed by atoms with Gasteiger partial charge in [-0.15, -0.1) is 0 Å². The highest BCUT2D eigenvalue weighted by Gasteiger charge is 2.19. The quantitative estimate of drug-likeness (QED) is 0.125. The minimum Gasteiger partial charge on any atom is -0.478 e. The van der Waals surface area contributed by atoms with Crippen LogP contribution in [0.25, 0.3) is 0 Å². The molecule has 230 valence electrons. The van der Waals surface area contributed by atoms with Gasteiger partial charge in [0.1, 0.15) is 0 Å². The topological polar surface area (TPSA) is 149 Å². The first-order valence-corrected chi connectivity index (χ1v) is 17.1. The molecule has 0 aliphatic carbocycles. The van der Waals surface area contributed by atoms with E-state index in [0.29, 0.717) is 12.3 Å². The van der Waals surface area contributed by atoms with Crippen LogP contribution in [0.3, 0.4) is 0 Å². The predicted molar refractivity (Wildman–Crippen MR) is 180 cm³/mol. The molecule has 0 aromatic heterocycles. The molecule has 10 heteroatoms. The van der Waals surface area contributed by atoms with E-state index in [2.05, 4.69) is 6.07 Å². The highest BCUT2D eigenvalue weighted by molar-refractivity contribution is 7.72. The van der Waals surface area contributed by atoms with Gasteiger partial charge in [-0.05, 0) is 96.7 Å². The van der Waals surface area contributed by atoms with Crippen LogP contribution in [-0.4, -0.2) is 44.3 Å². The summed E-state index contributed by atoms with van der Waals surface area (Å²) < 4.78 is 0. The summed E-state index contributed by atoms with van der Waals surface area (Å²) in [5.74, 6) is -4.05. The van der Waals surface area contributed by atoms with Gasteiger partial charge in [0.05, 0.1) is 22.3 Å². The van der Waals surface area contributed by atoms with E-state index in [1.54, 1.807) is 48.5 Å². The molecule has 4 N–H and O–H groups in total. The van der Waals surface area contributed by atoms with Crippen LogP contribution in [0.15, 0.2) is 121 Å². The Hall–Kier alpha value is -5.16. The zero-order valence-electron chi connectivity index (χ0n) is 24.3. The second-order valence-electron chi connectivity index (χ2n) is 10.4. The maximum absolute atomic E-state index is 11.5. The molecule has 0 bridgehead atoms. The summed E-state index contributed by atoms with van der Waals surface area (Å²) in [6.07, 6.45) is 1.25. The van der Waals surface area contributed by atoms with Crippen molar-refractivity contribution in [3.05, 3.63) is 155 Å². The van der Waals surface area contributed by atoms with E-state index in [4.69, 9.17) is 0 Å². The maximum atomic E-state index is 11.5. The Balaban J connectivity index is 1.48. The number of rotatable bonds is 12. The van der Waals surface area contributed by atoms with Crippen LogP contribution >= 0.6 is 15.8 Å². The second kappa shape index (κ2) is 14.3. The molecule has 0 radical (unpaired) electrons. The van der Waals surface area contributed by atoms with Crippen LogP contribution < -0.4 is 21.2 Å². The normalized spacial score (nSPS) is 11.0. The zero-order chi connectivity index (χ0) is 32.8. The average Bonchev–Trinajstić information content (AvgIpc) is 3.06. The van der Waals surface area contributed by atoms with Gasteiger partial charge in [0.25, 0.3) is 0 Å². The van der Waals surface area contributed by atoms with Crippen molar-refractivity contribution in [3.63, 3.8) is 0 Å². The SMILES string of the molecule is O=C(O)c1ccc(P(Cc2cccc(CP(c3ccc(C(=O)O)cc3)c3ccc(C(=O)O)cc3)c2)c2ccc(C(=O)O)cc2)cc1. The van der Waals surface area contributed by atoms with Gasteiger partial charge >= 0.3 is 23.9 Å². The van der Waals surface area contributed by atoms with Crippen LogP contribution in [0.2, 0.25) is 0 Å². The molecular weight excluding hydrogens is 622 g/mol. The first-order chi connectivity index (χ1) is 22.1. The molecule has 0 spiro atoms. The number of carboxylic acids is 4. The molecule has 0 aliphatic heterocycles. The minimum atomic E-state index is -1.02. The lowest BCUT2D eigenvalue weighted by Gasteiger charge is -2.22. The molecule has 0 saturated carbocycles. The lowest BCUT2D eigenvalue weighted by Crippen LogP contribution is -2.15. The van der Waals surface area contributed by atoms with E-state index in [-0.39, 0.29) is 22.3 Å². The van der Waals surface area contributed by atoms with Crippen molar-refractivity contribution < 1.29 is 39.6 Å². The Morgan fingerprint density at radius 3 is 0.848 bits per heavy atom. The second-order valence-corrected chi connectivity index (χ2v) is 14.8. The predicted octanol–water partition coefficient (Wildman–Crippen LogP) is 5.75. The monoisotopic (exact) mass is 650 g/mol. The first-order valence-electron chi connectivity index (χ1n) is 14.1. The van der Waals surface area contributed by atoms with Crippen molar-refractivity contribution in [3.8, 4) is 0 Å². The van der Waals surface area contributed by atoms with Crippen molar-refractivity contribution in [2.24, 2.45) is 0 Å². The molecule has 5 rings (SSSR count). The maximum Gasteiger partial charge on any atom is 0.335 e. The molecule has 0 heterocycles. The molecule has 0 saturated heterocycles. The Morgan fingerprint density at radius 1 is 0.391 bits per heavy atom. The summed E-state index contributed by atoms with van der Waals surface area (Å²) in [5.41, 5.74) is 2.83. The third kappa shape index (κ3) is 7.73. The summed E-state index contributed by atoms with van der Waals surface area (Å²) in [4.78, 5) is 45.9. The van der Waals surface area contributed by atoms with Crippen LogP contribution in [-0.2, 0) is 12.3 Å². The van der Waals surface area contributed by atoms with E-state index in [0.717, 1.165) is 32.3 Å². The summed E-state index contributed by atoms with van der Waals surface area (Å²) in [7, 11) is -2.05. The molecule has 5 aromatic rings. The fraction of sp³-hybridized carbons (Fsp3) is 0.0556. The number of aromatic carboxylic acids is 4. The van der Waals surface area contributed by atoms with E-state index in [1.807, 2.05) is 66.7 Å². The molecule has 0 unspecified atom stereocenters. The van der Waals surface area contributed by atoms with E-state index >= 15 is 0 Å². The molecule has 5 aromatic carbocycles. The Kier molecular flexibility index (Phi) is 10.0. The summed E-state index contributed by atoms with van der Waals surface area (Å²) in [6.45, 7) is 0. The minimum absolute atomic E-state index is 0.183. The molecule has 8 nitrogen and oxygen atoms in total. The highest BCUT2D eigenvalue weighted by Crippen LogP contribution is 2.41. The third-order valence-corrected chi connectivity index (χ3v) is 12.4. The first kappa shape index (κ1) is 32.2. The fourth-order valence-electron chi connectivity index (χ4n) is 4.99. The zero-order valence-corrected chi connectivity index (χ0v) is 26.1. The van der Waals surface area contributed by atoms with Crippen molar-refractivity contribution in [1.82, 2.24) is 0 Å². The van der Waals surface area contributed by atoms with Gasteiger partial charge in [0.15, 0.2) is 0 Å². The van der Waals surface area contributed by atoms with Crippen molar-refractivity contribution >= 4 is 60.9 Å². The Labute approximate surface area is 267 Å². The van der Waals surface area contributed by atoms with Gasteiger partial charge in [0, 0.05) is 12.3 Å². The smallest absolute Gasteiger partial charge is 0.335 e. The highest BCUT2D eigenvalue weighted by atomic mass is 31.1. The number of carboxylic acid groups (broad SMARTS) is 4. The molecule has 0 atom stereocenters. The molecule has 46 heavy (non-hydrogen) atoms. The van der Waals surface area contributed by atoms with Gasteiger partial charge in [-0.2, -0.15) is 0 Å². The van der Waals surface area contributed by atoms with Crippen LogP contribution in [0, 0.1) is 0 Å². The van der Waals surface area contributed by atoms with Crippen LogP contribution in [0.1, 0.15) is 52.6 Å². The lowest BCUT2D eigenvalue weighted by atomic mass is 10.2. The van der Waals surface area contributed by atoms with E-state index in [1.165, 1.54) is 0 Å². The average molecular weight is 651 g/mol. The lowest BCUT2D eigenvalue weighted by molar-refractivity contribution is 0.0686.